The molecule has 2 amide bonds. The smallest absolute Gasteiger partial charge is 0.246 e. The maximum absolute atomic E-state index is 12.4. The van der Waals surface area contributed by atoms with Gasteiger partial charge in [-0.25, -0.2) is 0 Å². The lowest BCUT2D eigenvalue weighted by atomic mass is 10.1. The summed E-state index contributed by atoms with van der Waals surface area (Å²) in [5.41, 5.74) is 2.37. The number of amides is 2. The van der Waals surface area contributed by atoms with Gasteiger partial charge in [0.15, 0.2) is 0 Å². The SMILES string of the molecule is CCc1ccc(CN2CC(=O)NC(C3CC3)C2=O)cc1. The molecule has 0 radical (unpaired) electrons. The van der Waals surface area contributed by atoms with Gasteiger partial charge in [-0.05, 0) is 36.3 Å². The Kier molecular flexibility index (Phi) is 3.47. The van der Waals surface area contributed by atoms with Gasteiger partial charge in [0.25, 0.3) is 0 Å². The second-order valence-electron chi connectivity index (χ2n) is 5.75. The van der Waals surface area contributed by atoms with Crippen LogP contribution in [-0.4, -0.2) is 29.3 Å². The molecule has 2 aliphatic rings. The normalized spacial score (nSPS) is 22.9. The van der Waals surface area contributed by atoms with E-state index in [1.807, 2.05) is 12.1 Å². The summed E-state index contributed by atoms with van der Waals surface area (Å²) in [4.78, 5) is 25.8. The lowest BCUT2D eigenvalue weighted by molar-refractivity contribution is -0.145. The van der Waals surface area contributed by atoms with E-state index in [4.69, 9.17) is 0 Å². The van der Waals surface area contributed by atoms with Crippen LogP contribution in [0.15, 0.2) is 24.3 Å². The fourth-order valence-electron chi connectivity index (χ4n) is 2.71. The van der Waals surface area contributed by atoms with Crippen molar-refractivity contribution in [2.24, 2.45) is 5.92 Å². The number of carbonyl (C=O) groups is 2. The van der Waals surface area contributed by atoms with Gasteiger partial charge < -0.3 is 10.2 Å². The van der Waals surface area contributed by atoms with Crippen molar-refractivity contribution in [3.63, 3.8) is 0 Å². The van der Waals surface area contributed by atoms with E-state index in [0.29, 0.717) is 12.5 Å². The van der Waals surface area contributed by atoms with Crippen molar-refractivity contribution < 1.29 is 9.59 Å². The third kappa shape index (κ3) is 2.69. The summed E-state index contributed by atoms with van der Waals surface area (Å²) < 4.78 is 0. The number of rotatable bonds is 4. The van der Waals surface area contributed by atoms with Crippen LogP contribution in [-0.2, 0) is 22.6 Å². The van der Waals surface area contributed by atoms with Gasteiger partial charge in [0.1, 0.15) is 6.04 Å². The molecule has 0 aromatic heterocycles. The summed E-state index contributed by atoms with van der Waals surface area (Å²) in [7, 11) is 0. The highest BCUT2D eigenvalue weighted by Crippen LogP contribution is 2.34. The minimum Gasteiger partial charge on any atom is -0.342 e. The predicted molar refractivity (Wildman–Crippen MR) is 75.9 cm³/mol. The molecular weight excluding hydrogens is 252 g/mol. The first-order chi connectivity index (χ1) is 9.67. The van der Waals surface area contributed by atoms with Gasteiger partial charge in [0, 0.05) is 6.54 Å². The second kappa shape index (κ2) is 5.27. The molecule has 1 saturated carbocycles. The molecule has 20 heavy (non-hydrogen) atoms. The second-order valence-corrected chi connectivity index (χ2v) is 5.75. The zero-order valence-electron chi connectivity index (χ0n) is 11.8. The molecule has 3 rings (SSSR count). The van der Waals surface area contributed by atoms with E-state index in [0.717, 1.165) is 24.8 Å². The van der Waals surface area contributed by atoms with E-state index in [9.17, 15) is 9.59 Å². The van der Waals surface area contributed by atoms with Crippen molar-refractivity contribution in [1.82, 2.24) is 10.2 Å². The van der Waals surface area contributed by atoms with Gasteiger partial charge in [-0.15, -0.1) is 0 Å². The number of nitrogens with one attached hydrogen (secondary N) is 1. The van der Waals surface area contributed by atoms with Gasteiger partial charge in [-0.1, -0.05) is 31.2 Å². The molecule has 1 saturated heterocycles. The van der Waals surface area contributed by atoms with Crippen LogP contribution < -0.4 is 5.32 Å². The van der Waals surface area contributed by atoms with Crippen molar-refractivity contribution in [1.29, 1.82) is 0 Å². The number of aryl methyl sites for hydroxylation is 1. The molecule has 4 nitrogen and oxygen atoms in total. The summed E-state index contributed by atoms with van der Waals surface area (Å²) in [5, 5.41) is 2.83. The average molecular weight is 272 g/mol. The molecule has 1 aromatic rings. The predicted octanol–water partition coefficient (Wildman–Crippen LogP) is 1.49. The molecule has 0 bridgehead atoms. The highest BCUT2D eigenvalue weighted by atomic mass is 16.2. The zero-order valence-corrected chi connectivity index (χ0v) is 11.8. The monoisotopic (exact) mass is 272 g/mol. The Labute approximate surface area is 119 Å². The van der Waals surface area contributed by atoms with E-state index < -0.39 is 0 Å². The van der Waals surface area contributed by atoms with Crippen LogP contribution in [0.1, 0.15) is 30.9 Å². The fraction of sp³-hybridized carbons (Fsp3) is 0.500. The topological polar surface area (TPSA) is 49.4 Å². The Morgan fingerprint density at radius 2 is 1.80 bits per heavy atom. The van der Waals surface area contributed by atoms with Crippen LogP contribution in [0.2, 0.25) is 0 Å². The number of hydrogen-bond acceptors (Lipinski definition) is 2. The van der Waals surface area contributed by atoms with Gasteiger partial charge in [0.2, 0.25) is 11.8 Å². The molecule has 1 aliphatic heterocycles. The lowest BCUT2D eigenvalue weighted by Crippen LogP contribution is -2.58. The first kappa shape index (κ1) is 13.2. The van der Waals surface area contributed by atoms with Crippen LogP contribution in [0.4, 0.5) is 0 Å². The largest absolute Gasteiger partial charge is 0.342 e. The van der Waals surface area contributed by atoms with Crippen LogP contribution in [0.25, 0.3) is 0 Å². The minimum absolute atomic E-state index is 0.0355. The summed E-state index contributed by atoms with van der Waals surface area (Å²) >= 11 is 0. The molecule has 1 aromatic carbocycles. The first-order valence-corrected chi connectivity index (χ1v) is 7.33. The van der Waals surface area contributed by atoms with Gasteiger partial charge in [-0.3, -0.25) is 9.59 Å². The van der Waals surface area contributed by atoms with E-state index in [1.54, 1.807) is 4.90 Å². The first-order valence-electron chi connectivity index (χ1n) is 7.33. The van der Waals surface area contributed by atoms with Crippen molar-refractivity contribution in [3.05, 3.63) is 35.4 Å². The molecule has 1 aliphatic carbocycles. The summed E-state index contributed by atoms with van der Waals surface area (Å²) in [6, 6.07) is 7.98. The van der Waals surface area contributed by atoms with Crippen molar-refractivity contribution in [3.8, 4) is 0 Å². The molecule has 1 N–H and O–H groups in total. The summed E-state index contributed by atoms with van der Waals surface area (Å²) in [6.07, 6.45) is 3.11. The summed E-state index contributed by atoms with van der Waals surface area (Å²) in [5.74, 6) is 0.398. The van der Waals surface area contributed by atoms with Crippen LogP contribution in [0, 0.1) is 5.92 Å². The Balaban J connectivity index is 1.71. The van der Waals surface area contributed by atoms with E-state index >= 15 is 0 Å². The molecule has 1 atom stereocenters. The van der Waals surface area contributed by atoms with Gasteiger partial charge >= 0.3 is 0 Å². The third-order valence-corrected chi connectivity index (χ3v) is 4.13. The van der Waals surface area contributed by atoms with Gasteiger partial charge in [-0.2, -0.15) is 0 Å². The minimum atomic E-state index is -0.286. The number of piperazine rings is 1. The lowest BCUT2D eigenvalue weighted by Gasteiger charge is -2.32. The fourth-order valence-corrected chi connectivity index (χ4v) is 2.71. The Bertz CT molecular complexity index is 520. The Hall–Kier alpha value is -1.84. The number of nitrogens with zero attached hydrogens (tertiary/aromatic N) is 1. The van der Waals surface area contributed by atoms with Crippen molar-refractivity contribution >= 4 is 11.8 Å². The molecule has 1 heterocycles. The van der Waals surface area contributed by atoms with Crippen molar-refractivity contribution in [2.45, 2.75) is 38.8 Å². The number of hydrogen-bond donors (Lipinski definition) is 1. The van der Waals surface area contributed by atoms with Crippen LogP contribution in [0.5, 0.6) is 0 Å². The van der Waals surface area contributed by atoms with E-state index in [-0.39, 0.29) is 24.4 Å². The number of carbonyl (C=O) groups excluding carboxylic acids is 2. The van der Waals surface area contributed by atoms with Crippen molar-refractivity contribution in [2.75, 3.05) is 6.54 Å². The van der Waals surface area contributed by atoms with Crippen LogP contribution >= 0.6 is 0 Å². The zero-order chi connectivity index (χ0) is 14.1. The third-order valence-electron chi connectivity index (χ3n) is 4.13. The van der Waals surface area contributed by atoms with E-state index in [1.165, 1.54) is 5.56 Å². The maximum atomic E-state index is 12.4. The maximum Gasteiger partial charge on any atom is 0.246 e. The standard InChI is InChI=1S/C16H20N2O2/c1-2-11-3-5-12(6-4-11)9-18-10-14(19)17-15(16(18)20)13-7-8-13/h3-6,13,15H,2,7-10H2,1H3,(H,17,19). The molecule has 2 fully saturated rings. The quantitative estimate of drug-likeness (QED) is 0.902. The Morgan fingerprint density at radius 1 is 1.15 bits per heavy atom. The van der Waals surface area contributed by atoms with Gasteiger partial charge in [0.05, 0.1) is 6.54 Å². The molecule has 4 heteroatoms. The van der Waals surface area contributed by atoms with Crippen LogP contribution in [0.3, 0.4) is 0 Å². The molecular formula is C16H20N2O2. The molecule has 1 unspecified atom stereocenters. The highest BCUT2D eigenvalue weighted by Gasteiger charge is 2.42. The number of benzene rings is 1. The molecule has 106 valence electrons. The molecule has 0 spiro atoms. The average Bonchev–Trinajstić information content (AvgIpc) is 3.28. The highest BCUT2D eigenvalue weighted by molar-refractivity contribution is 5.95. The van der Waals surface area contributed by atoms with E-state index in [2.05, 4.69) is 24.4 Å². The summed E-state index contributed by atoms with van der Waals surface area (Å²) in [6.45, 7) is 2.82. The Morgan fingerprint density at radius 3 is 2.40 bits per heavy atom.